The van der Waals surface area contributed by atoms with E-state index >= 15 is 0 Å². The summed E-state index contributed by atoms with van der Waals surface area (Å²) >= 11 is 0. The van der Waals surface area contributed by atoms with E-state index in [2.05, 4.69) is 5.32 Å². The van der Waals surface area contributed by atoms with Gasteiger partial charge in [0.05, 0.1) is 0 Å². The fourth-order valence-electron chi connectivity index (χ4n) is 2.30. The van der Waals surface area contributed by atoms with Gasteiger partial charge in [0.1, 0.15) is 17.2 Å². The van der Waals surface area contributed by atoms with Gasteiger partial charge in [0.2, 0.25) is 5.91 Å². The monoisotopic (exact) mass is 290 g/mol. The number of nitrogens with one attached hydrogen (secondary N) is 1. The predicted octanol–water partition coefficient (Wildman–Crippen LogP) is 3.17. The first-order chi connectivity index (χ1) is 9.99. The average molecular weight is 290 g/mol. The summed E-state index contributed by atoms with van der Waals surface area (Å²) in [4.78, 5) is 12.0. The lowest BCUT2D eigenvalue weighted by Gasteiger charge is -2.32. The smallest absolute Gasteiger partial charge is 0.247 e. The number of carbonyl (C=O) groups excluding carboxylic acids is 1. The SMILES string of the molecule is CCC(Nc1ccc(F)cc1)(C(N)=O)c1ccccc1F. The number of amides is 1. The zero-order valence-corrected chi connectivity index (χ0v) is 11.6. The Balaban J connectivity index is 2.50. The van der Waals surface area contributed by atoms with Crippen molar-refractivity contribution < 1.29 is 13.6 Å². The molecule has 0 radical (unpaired) electrons. The number of carbonyl (C=O) groups is 1. The summed E-state index contributed by atoms with van der Waals surface area (Å²) in [5, 5.41) is 2.94. The van der Waals surface area contributed by atoms with Crippen LogP contribution in [-0.2, 0) is 10.3 Å². The highest BCUT2D eigenvalue weighted by Gasteiger charge is 2.38. The Morgan fingerprint density at radius 1 is 1.14 bits per heavy atom. The van der Waals surface area contributed by atoms with Crippen molar-refractivity contribution in [2.24, 2.45) is 5.73 Å². The van der Waals surface area contributed by atoms with Crippen molar-refractivity contribution in [2.75, 3.05) is 5.32 Å². The predicted molar refractivity (Wildman–Crippen MR) is 77.6 cm³/mol. The Morgan fingerprint density at radius 3 is 2.29 bits per heavy atom. The van der Waals surface area contributed by atoms with Crippen molar-refractivity contribution >= 4 is 11.6 Å². The third-order valence-corrected chi connectivity index (χ3v) is 3.49. The first-order valence-electron chi connectivity index (χ1n) is 6.58. The van der Waals surface area contributed by atoms with Crippen LogP contribution in [-0.4, -0.2) is 5.91 Å². The lowest BCUT2D eigenvalue weighted by molar-refractivity contribution is -0.122. The minimum absolute atomic E-state index is 0.171. The van der Waals surface area contributed by atoms with E-state index < -0.39 is 23.1 Å². The van der Waals surface area contributed by atoms with Gasteiger partial charge < -0.3 is 11.1 Å². The molecule has 2 aromatic carbocycles. The normalized spacial score (nSPS) is 13.5. The van der Waals surface area contributed by atoms with Crippen LogP contribution >= 0.6 is 0 Å². The number of nitrogens with two attached hydrogens (primary N) is 1. The highest BCUT2D eigenvalue weighted by Crippen LogP contribution is 2.31. The van der Waals surface area contributed by atoms with Gasteiger partial charge in [-0.2, -0.15) is 0 Å². The Bertz CT molecular complexity index is 643. The van der Waals surface area contributed by atoms with Gasteiger partial charge in [0.25, 0.3) is 0 Å². The molecule has 3 N–H and O–H groups in total. The molecular formula is C16H16F2N2O. The maximum atomic E-state index is 14.1. The van der Waals surface area contributed by atoms with Crippen LogP contribution < -0.4 is 11.1 Å². The topological polar surface area (TPSA) is 55.1 Å². The summed E-state index contributed by atoms with van der Waals surface area (Å²) in [6.45, 7) is 1.73. The van der Waals surface area contributed by atoms with Gasteiger partial charge in [-0.3, -0.25) is 4.79 Å². The third kappa shape index (κ3) is 2.86. The van der Waals surface area contributed by atoms with Gasteiger partial charge in [-0.25, -0.2) is 8.78 Å². The first-order valence-corrected chi connectivity index (χ1v) is 6.58. The van der Waals surface area contributed by atoms with Crippen LogP contribution in [0.15, 0.2) is 48.5 Å². The third-order valence-electron chi connectivity index (χ3n) is 3.49. The van der Waals surface area contributed by atoms with E-state index in [4.69, 9.17) is 5.73 Å². The molecule has 0 bridgehead atoms. The molecule has 1 amide bonds. The van der Waals surface area contributed by atoms with Gasteiger partial charge in [0, 0.05) is 11.3 Å². The maximum Gasteiger partial charge on any atom is 0.247 e. The van der Waals surface area contributed by atoms with Crippen molar-refractivity contribution in [3.63, 3.8) is 0 Å². The summed E-state index contributed by atoms with van der Waals surface area (Å²) in [6, 6.07) is 11.4. The zero-order chi connectivity index (χ0) is 15.5. The quantitative estimate of drug-likeness (QED) is 0.888. The molecule has 0 spiro atoms. The fourth-order valence-corrected chi connectivity index (χ4v) is 2.30. The molecule has 0 heterocycles. The van der Waals surface area contributed by atoms with Crippen LogP contribution in [0.25, 0.3) is 0 Å². The van der Waals surface area contributed by atoms with Crippen LogP contribution in [0.2, 0.25) is 0 Å². The standard InChI is InChI=1S/C16H16F2N2O/c1-2-16(15(19)21,13-5-3-4-6-14(13)18)20-12-9-7-11(17)8-10-12/h3-10,20H,2H2,1H3,(H2,19,21). The molecule has 0 aromatic heterocycles. The Labute approximate surface area is 121 Å². The van der Waals surface area contributed by atoms with Crippen molar-refractivity contribution in [2.45, 2.75) is 18.9 Å². The summed E-state index contributed by atoms with van der Waals surface area (Å²) < 4.78 is 27.1. The molecule has 0 aliphatic carbocycles. The summed E-state index contributed by atoms with van der Waals surface area (Å²) in [7, 11) is 0. The van der Waals surface area contributed by atoms with E-state index in [0.29, 0.717) is 5.69 Å². The van der Waals surface area contributed by atoms with Gasteiger partial charge in [0.15, 0.2) is 0 Å². The number of primary amides is 1. The lowest BCUT2D eigenvalue weighted by Crippen LogP contribution is -2.48. The number of rotatable bonds is 5. The number of anilines is 1. The van der Waals surface area contributed by atoms with Crippen molar-refractivity contribution in [3.8, 4) is 0 Å². The zero-order valence-electron chi connectivity index (χ0n) is 11.6. The van der Waals surface area contributed by atoms with Gasteiger partial charge >= 0.3 is 0 Å². The van der Waals surface area contributed by atoms with E-state index in [1.165, 1.54) is 42.5 Å². The van der Waals surface area contributed by atoms with Crippen molar-refractivity contribution in [1.29, 1.82) is 0 Å². The molecule has 2 aromatic rings. The molecule has 2 rings (SSSR count). The molecular weight excluding hydrogens is 274 g/mol. The lowest BCUT2D eigenvalue weighted by atomic mass is 9.85. The van der Waals surface area contributed by atoms with Crippen molar-refractivity contribution in [1.82, 2.24) is 0 Å². The molecule has 0 fully saturated rings. The number of hydrogen-bond acceptors (Lipinski definition) is 2. The Morgan fingerprint density at radius 2 is 1.76 bits per heavy atom. The first kappa shape index (κ1) is 15.0. The molecule has 1 atom stereocenters. The summed E-state index contributed by atoms with van der Waals surface area (Å²) in [6.07, 6.45) is 0.251. The molecule has 1 unspecified atom stereocenters. The number of benzene rings is 2. The number of halogens is 2. The van der Waals surface area contributed by atoms with E-state index in [1.807, 2.05) is 0 Å². The molecule has 5 heteroatoms. The largest absolute Gasteiger partial charge is 0.368 e. The minimum Gasteiger partial charge on any atom is -0.368 e. The van der Waals surface area contributed by atoms with E-state index in [9.17, 15) is 13.6 Å². The van der Waals surface area contributed by atoms with E-state index in [1.54, 1.807) is 13.0 Å². The van der Waals surface area contributed by atoms with Crippen molar-refractivity contribution in [3.05, 3.63) is 65.7 Å². The average Bonchev–Trinajstić information content (AvgIpc) is 2.47. The second-order valence-corrected chi connectivity index (χ2v) is 4.73. The van der Waals surface area contributed by atoms with Gasteiger partial charge in [-0.1, -0.05) is 25.1 Å². The highest BCUT2D eigenvalue weighted by atomic mass is 19.1. The van der Waals surface area contributed by atoms with Crippen LogP contribution in [0.5, 0.6) is 0 Å². The van der Waals surface area contributed by atoms with Crippen LogP contribution in [0.4, 0.5) is 14.5 Å². The van der Waals surface area contributed by atoms with Gasteiger partial charge in [-0.15, -0.1) is 0 Å². The molecule has 0 saturated heterocycles. The van der Waals surface area contributed by atoms with Gasteiger partial charge in [-0.05, 0) is 36.8 Å². The van der Waals surface area contributed by atoms with E-state index in [-0.39, 0.29) is 12.0 Å². The molecule has 21 heavy (non-hydrogen) atoms. The Hall–Kier alpha value is -2.43. The van der Waals surface area contributed by atoms with Crippen LogP contribution in [0.1, 0.15) is 18.9 Å². The van der Waals surface area contributed by atoms with Crippen LogP contribution in [0, 0.1) is 11.6 Å². The molecule has 3 nitrogen and oxygen atoms in total. The number of hydrogen-bond donors (Lipinski definition) is 2. The highest BCUT2D eigenvalue weighted by molar-refractivity contribution is 5.89. The molecule has 0 aliphatic heterocycles. The minimum atomic E-state index is -1.39. The summed E-state index contributed by atoms with van der Waals surface area (Å²) in [5.74, 6) is -1.61. The summed E-state index contributed by atoms with van der Waals surface area (Å²) in [5.41, 5.74) is 4.79. The van der Waals surface area contributed by atoms with E-state index in [0.717, 1.165) is 0 Å². The fraction of sp³-hybridized carbons (Fsp3) is 0.188. The maximum absolute atomic E-state index is 14.1. The second-order valence-electron chi connectivity index (χ2n) is 4.73. The molecule has 0 aliphatic rings. The second kappa shape index (κ2) is 5.91. The molecule has 110 valence electrons. The van der Waals surface area contributed by atoms with Crippen LogP contribution in [0.3, 0.4) is 0 Å². The molecule has 0 saturated carbocycles. The Kier molecular flexibility index (Phi) is 4.21.